The van der Waals surface area contributed by atoms with Gasteiger partial charge in [0.2, 0.25) is 0 Å². The molecule has 0 aliphatic carbocycles. The number of aryl methyl sites for hydroxylation is 1. The summed E-state index contributed by atoms with van der Waals surface area (Å²) >= 11 is 0. The molecule has 0 atom stereocenters. The number of terminal acetylenes is 1. The molecule has 0 unspecified atom stereocenters. The van der Waals surface area contributed by atoms with Crippen molar-refractivity contribution in [3.63, 3.8) is 0 Å². The molecule has 2 heterocycles. The number of benzene rings is 2. The van der Waals surface area contributed by atoms with E-state index in [-0.39, 0.29) is 5.82 Å². The summed E-state index contributed by atoms with van der Waals surface area (Å²) < 4.78 is 16.4. The Hall–Kier alpha value is -3.19. The number of hydrogen-bond donors (Lipinski definition) is 0. The minimum absolute atomic E-state index is 0.297. The fourth-order valence-corrected chi connectivity index (χ4v) is 3.07. The van der Waals surface area contributed by atoms with Crippen molar-refractivity contribution in [1.82, 2.24) is 9.55 Å². The van der Waals surface area contributed by atoms with Gasteiger partial charge in [-0.3, -0.25) is 9.56 Å². The Morgan fingerprint density at radius 3 is 2.79 bits per heavy atom. The number of aromatic nitrogens is 2. The van der Waals surface area contributed by atoms with E-state index in [9.17, 15) is 4.39 Å². The van der Waals surface area contributed by atoms with Gasteiger partial charge in [0, 0.05) is 16.7 Å². The zero-order chi connectivity index (χ0) is 16.7. The average molecular weight is 315 g/mol. The van der Waals surface area contributed by atoms with Crippen molar-refractivity contribution in [1.29, 1.82) is 0 Å². The molecule has 4 heteroatoms. The lowest BCUT2D eigenvalue weighted by Gasteiger charge is -2.14. The minimum Gasteiger partial charge on any atom is -0.298 e. The van der Waals surface area contributed by atoms with E-state index in [4.69, 9.17) is 6.42 Å². The van der Waals surface area contributed by atoms with E-state index in [0.29, 0.717) is 17.8 Å². The van der Waals surface area contributed by atoms with Crippen LogP contribution in [0, 0.1) is 25.1 Å². The Balaban J connectivity index is 2.04. The van der Waals surface area contributed by atoms with E-state index < -0.39 is 0 Å². The van der Waals surface area contributed by atoms with Crippen molar-refractivity contribution < 1.29 is 4.39 Å². The SMILES string of the molecule is C#Cc1ccc2c(c1)C(c1ccccc1F)=NCc1cnc(C)n1-2. The molecule has 3 aromatic rings. The fraction of sp³-hybridized carbons (Fsp3) is 0.100. The van der Waals surface area contributed by atoms with Gasteiger partial charge in [-0.1, -0.05) is 18.1 Å². The zero-order valence-electron chi connectivity index (χ0n) is 13.1. The van der Waals surface area contributed by atoms with Crippen LogP contribution in [0.25, 0.3) is 5.69 Å². The van der Waals surface area contributed by atoms with E-state index in [0.717, 1.165) is 28.3 Å². The van der Waals surface area contributed by atoms with Crippen LogP contribution >= 0.6 is 0 Å². The first-order chi connectivity index (χ1) is 11.7. The van der Waals surface area contributed by atoms with Gasteiger partial charge in [0.25, 0.3) is 0 Å². The van der Waals surface area contributed by atoms with Crippen LogP contribution in [0.5, 0.6) is 0 Å². The third kappa shape index (κ3) is 2.14. The van der Waals surface area contributed by atoms with Gasteiger partial charge in [0.05, 0.1) is 29.8 Å². The number of aliphatic imine (C=N–C) groups is 1. The van der Waals surface area contributed by atoms with E-state index in [1.54, 1.807) is 12.1 Å². The van der Waals surface area contributed by atoms with Crippen LogP contribution in [0.1, 0.15) is 28.2 Å². The predicted octanol–water partition coefficient (Wildman–Crippen LogP) is 3.65. The summed E-state index contributed by atoms with van der Waals surface area (Å²) in [5, 5.41) is 0. The molecule has 0 saturated carbocycles. The maximum absolute atomic E-state index is 14.4. The minimum atomic E-state index is -0.297. The van der Waals surface area contributed by atoms with E-state index in [1.807, 2.05) is 42.0 Å². The van der Waals surface area contributed by atoms with Crippen molar-refractivity contribution in [2.24, 2.45) is 4.99 Å². The first-order valence-corrected chi connectivity index (χ1v) is 7.63. The first-order valence-electron chi connectivity index (χ1n) is 7.63. The molecular formula is C20H14FN3. The molecule has 0 bridgehead atoms. The van der Waals surface area contributed by atoms with Crippen LogP contribution in [0.2, 0.25) is 0 Å². The van der Waals surface area contributed by atoms with E-state index >= 15 is 0 Å². The lowest BCUT2D eigenvalue weighted by Crippen LogP contribution is -2.10. The molecule has 0 amide bonds. The van der Waals surface area contributed by atoms with Gasteiger partial charge in [-0.05, 0) is 37.3 Å². The zero-order valence-corrected chi connectivity index (χ0v) is 13.1. The van der Waals surface area contributed by atoms with Crippen molar-refractivity contribution in [2.75, 3.05) is 0 Å². The van der Waals surface area contributed by atoms with Gasteiger partial charge < -0.3 is 0 Å². The molecular weight excluding hydrogens is 301 g/mol. The van der Waals surface area contributed by atoms with Crippen LogP contribution in [0.15, 0.2) is 53.7 Å². The predicted molar refractivity (Wildman–Crippen MR) is 92.0 cm³/mol. The van der Waals surface area contributed by atoms with Gasteiger partial charge >= 0.3 is 0 Å². The van der Waals surface area contributed by atoms with Crippen LogP contribution in [0.4, 0.5) is 4.39 Å². The Labute approximate surface area is 139 Å². The lowest BCUT2D eigenvalue weighted by atomic mass is 9.98. The molecule has 24 heavy (non-hydrogen) atoms. The monoisotopic (exact) mass is 315 g/mol. The van der Waals surface area contributed by atoms with Crippen molar-refractivity contribution in [2.45, 2.75) is 13.5 Å². The summed E-state index contributed by atoms with van der Waals surface area (Å²) in [6.07, 6.45) is 7.37. The first kappa shape index (κ1) is 14.4. The molecule has 0 spiro atoms. The van der Waals surface area contributed by atoms with Gasteiger partial charge in [-0.15, -0.1) is 6.42 Å². The summed E-state index contributed by atoms with van der Waals surface area (Å²) in [6.45, 7) is 2.38. The van der Waals surface area contributed by atoms with Crippen molar-refractivity contribution >= 4 is 5.71 Å². The summed E-state index contributed by atoms with van der Waals surface area (Å²) in [4.78, 5) is 9.05. The average Bonchev–Trinajstić information content (AvgIpc) is 2.88. The normalized spacial score (nSPS) is 12.6. The smallest absolute Gasteiger partial charge is 0.132 e. The maximum Gasteiger partial charge on any atom is 0.132 e. The number of hydrogen-bond acceptors (Lipinski definition) is 2. The van der Waals surface area contributed by atoms with Crippen molar-refractivity contribution in [3.05, 3.63) is 82.7 Å². The summed E-state index contributed by atoms with van der Waals surface area (Å²) in [7, 11) is 0. The van der Waals surface area contributed by atoms with Crippen LogP contribution in [0.3, 0.4) is 0 Å². The number of fused-ring (bicyclic) bond motifs is 3. The Bertz CT molecular complexity index is 1020. The number of halogens is 1. The fourth-order valence-electron chi connectivity index (χ4n) is 3.07. The molecule has 0 N–H and O–H groups in total. The summed E-state index contributed by atoms with van der Waals surface area (Å²) in [6, 6.07) is 12.4. The Kier molecular flexibility index (Phi) is 3.28. The van der Waals surface area contributed by atoms with E-state index in [2.05, 4.69) is 15.9 Å². The third-order valence-electron chi connectivity index (χ3n) is 4.20. The second-order valence-electron chi connectivity index (χ2n) is 5.65. The highest BCUT2D eigenvalue weighted by Crippen LogP contribution is 2.28. The third-order valence-corrected chi connectivity index (χ3v) is 4.20. The van der Waals surface area contributed by atoms with Crippen LogP contribution < -0.4 is 0 Å². The molecule has 0 saturated heterocycles. The molecule has 0 fully saturated rings. The highest BCUT2D eigenvalue weighted by Gasteiger charge is 2.22. The molecule has 4 rings (SSSR count). The van der Waals surface area contributed by atoms with E-state index in [1.165, 1.54) is 6.07 Å². The molecule has 1 aliphatic heterocycles. The van der Waals surface area contributed by atoms with Crippen LogP contribution in [-0.4, -0.2) is 15.3 Å². The number of rotatable bonds is 1. The van der Waals surface area contributed by atoms with Gasteiger partial charge in [0.1, 0.15) is 11.6 Å². The van der Waals surface area contributed by atoms with Gasteiger partial charge in [-0.25, -0.2) is 9.37 Å². The highest BCUT2D eigenvalue weighted by molar-refractivity contribution is 6.15. The number of imidazole rings is 1. The molecule has 1 aliphatic rings. The van der Waals surface area contributed by atoms with Gasteiger partial charge in [0.15, 0.2) is 0 Å². The quantitative estimate of drug-likeness (QED) is 0.630. The molecule has 2 aromatic carbocycles. The van der Waals surface area contributed by atoms with Gasteiger partial charge in [-0.2, -0.15) is 0 Å². The standard InChI is InChI=1S/C20H14FN3/c1-3-14-8-9-19-17(10-14)20(16-6-4-5-7-18(16)21)23-12-15-11-22-13(2)24(15)19/h1,4-11H,12H2,2H3. The molecule has 3 nitrogen and oxygen atoms in total. The Morgan fingerprint density at radius 2 is 2.00 bits per heavy atom. The molecule has 116 valence electrons. The summed E-state index contributed by atoms with van der Waals surface area (Å²) in [5.74, 6) is 3.21. The topological polar surface area (TPSA) is 30.2 Å². The second-order valence-corrected chi connectivity index (χ2v) is 5.65. The largest absolute Gasteiger partial charge is 0.298 e. The highest BCUT2D eigenvalue weighted by atomic mass is 19.1. The molecule has 0 radical (unpaired) electrons. The summed E-state index contributed by atoms with van der Waals surface area (Å²) in [5.41, 5.74) is 4.52. The van der Waals surface area contributed by atoms with Crippen LogP contribution in [-0.2, 0) is 6.54 Å². The molecule has 1 aromatic heterocycles. The Morgan fingerprint density at radius 1 is 1.17 bits per heavy atom. The lowest BCUT2D eigenvalue weighted by molar-refractivity contribution is 0.625. The maximum atomic E-state index is 14.4. The second kappa shape index (κ2) is 5.47. The number of nitrogens with zero attached hydrogens (tertiary/aromatic N) is 3. The van der Waals surface area contributed by atoms with Crippen molar-refractivity contribution in [3.8, 4) is 18.0 Å².